The normalized spacial score (nSPS) is 12.6. The Morgan fingerprint density at radius 2 is 1.90 bits per heavy atom. The van der Waals surface area contributed by atoms with Crippen LogP contribution in [-0.4, -0.2) is 31.7 Å². The van der Waals surface area contributed by atoms with E-state index < -0.39 is 27.8 Å². The average molecular weight is 300 g/mol. The molecule has 0 saturated heterocycles. The highest BCUT2D eigenvalue weighted by atomic mass is 32.2. The summed E-state index contributed by atoms with van der Waals surface area (Å²) in [5, 5.41) is 11.2. The summed E-state index contributed by atoms with van der Waals surface area (Å²) in [4.78, 5) is 22.2. The fourth-order valence-corrected chi connectivity index (χ4v) is 2.05. The summed E-state index contributed by atoms with van der Waals surface area (Å²) in [5.74, 6) is -3.01. The summed E-state index contributed by atoms with van der Waals surface area (Å²) >= 11 is 0. The second-order valence-corrected chi connectivity index (χ2v) is 6.20. The molecule has 0 saturated carbocycles. The van der Waals surface area contributed by atoms with Gasteiger partial charge in [-0.25, -0.2) is 8.42 Å². The monoisotopic (exact) mass is 300 g/mol. The molecule has 7 nitrogen and oxygen atoms in total. The number of hydrogen-bond donors (Lipinski definition) is 3. The van der Waals surface area contributed by atoms with Crippen LogP contribution in [0.3, 0.4) is 0 Å². The third-order valence-electron chi connectivity index (χ3n) is 2.55. The highest BCUT2D eigenvalue weighted by Crippen LogP contribution is 2.21. The molecule has 0 aliphatic carbocycles. The van der Waals surface area contributed by atoms with Crippen LogP contribution >= 0.6 is 0 Å². The van der Waals surface area contributed by atoms with Crippen LogP contribution in [0, 0.1) is 12.8 Å². The van der Waals surface area contributed by atoms with E-state index in [0.717, 1.165) is 6.26 Å². The van der Waals surface area contributed by atoms with E-state index in [1.165, 1.54) is 19.1 Å². The number of carbonyl (C=O) groups is 2. The smallest absolute Gasteiger partial charge is 0.315 e. The Hall–Kier alpha value is -2.09. The van der Waals surface area contributed by atoms with Crippen LogP contribution in [0.5, 0.6) is 0 Å². The Labute approximate surface area is 117 Å². The van der Waals surface area contributed by atoms with Crippen molar-refractivity contribution in [1.29, 1.82) is 0 Å². The molecule has 1 aromatic rings. The fraction of sp³-hybridized carbons (Fsp3) is 0.333. The molecule has 1 atom stereocenters. The summed E-state index contributed by atoms with van der Waals surface area (Å²) in [7, 11) is -3.38. The van der Waals surface area contributed by atoms with E-state index in [2.05, 4.69) is 10.0 Å². The Morgan fingerprint density at radius 3 is 2.35 bits per heavy atom. The number of amides is 1. The fourth-order valence-electron chi connectivity index (χ4n) is 1.42. The number of hydrogen-bond acceptors (Lipinski definition) is 4. The third kappa shape index (κ3) is 4.54. The van der Waals surface area contributed by atoms with Crippen LogP contribution in [0.4, 0.5) is 11.4 Å². The van der Waals surface area contributed by atoms with Crippen LogP contribution in [0.25, 0.3) is 0 Å². The standard InChI is InChI=1S/C12H16N2O5S/c1-7-6-9(13-11(15)8(2)12(16)17)4-5-10(7)14-20(3,18)19/h4-6,8,14H,1-3H3,(H,13,15)(H,16,17). The van der Waals surface area contributed by atoms with Crippen molar-refractivity contribution in [3.8, 4) is 0 Å². The summed E-state index contributed by atoms with van der Waals surface area (Å²) in [6.45, 7) is 2.95. The molecular formula is C12H16N2O5S. The van der Waals surface area contributed by atoms with Crippen LogP contribution in [0.15, 0.2) is 18.2 Å². The maximum atomic E-state index is 11.6. The maximum Gasteiger partial charge on any atom is 0.315 e. The van der Waals surface area contributed by atoms with Crippen molar-refractivity contribution in [1.82, 2.24) is 0 Å². The molecule has 3 N–H and O–H groups in total. The van der Waals surface area contributed by atoms with E-state index in [9.17, 15) is 18.0 Å². The lowest BCUT2D eigenvalue weighted by Crippen LogP contribution is -2.26. The van der Waals surface area contributed by atoms with E-state index in [1.807, 2.05) is 0 Å². The number of carboxylic acids is 1. The summed E-state index contributed by atoms with van der Waals surface area (Å²) in [5.41, 5.74) is 1.41. The van der Waals surface area contributed by atoms with Gasteiger partial charge in [-0.1, -0.05) is 0 Å². The highest BCUT2D eigenvalue weighted by Gasteiger charge is 2.20. The van der Waals surface area contributed by atoms with E-state index in [1.54, 1.807) is 13.0 Å². The molecule has 110 valence electrons. The number of aryl methyl sites for hydroxylation is 1. The molecule has 20 heavy (non-hydrogen) atoms. The predicted octanol–water partition coefficient (Wildman–Crippen LogP) is 1.03. The number of anilines is 2. The lowest BCUT2D eigenvalue weighted by molar-refractivity contribution is -0.144. The minimum absolute atomic E-state index is 0.400. The van der Waals surface area contributed by atoms with E-state index >= 15 is 0 Å². The molecule has 0 aliphatic heterocycles. The molecule has 0 heterocycles. The van der Waals surface area contributed by atoms with Crippen LogP contribution in [-0.2, 0) is 19.6 Å². The summed E-state index contributed by atoms with van der Waals surface area (Å²) in [6.07, 6.45) is 1.04. The van der Waals surface area contributed by atoms with Gasteiger partial charge in [0.15, 0.2) is 0 Å². The molecule has 0 radical (unpaired) electrons. The van der Waals surface area contributed by atoms with E-state index in [0.29, 0.717) is 16.9 Å². The zero-order valence-electron chi connectivity index (χ0n) is 11.3. The molecule has 8 heteroatoms. The zero-order chi connectivity index (χ0) is 15.5. The lowest BCUT2D eigenvalue weighted by Gasteiger charge is -2.12. The topological polar surface area (TPSA) is 113 Å². The van der Waals surface area contributed by atoms with Gasteiger partial charge in [0.2, 0.25) is 15.9 Å². The van der Waals surface area contributed by atoms with Gasteiger partial charge in [0.25, 0.3) is 0 Å². The number of benzene rings is 1. The number of aliphatic carboxylic acids is 1. The average Bonchev–Trinajstić information content (AvgIpc) is 2.30. The molecule has 0 spiro atoms. The number of nitrogens with one attached hydrogen (secondary N) is 2. The van der Waals surface area contributed by atoms with Crippen LogP contribution in [0.1, 0.15) is 12.5 Å². The quantitative estimate of drug-likeness (QED) is 0.703. The Balaban J connectivity index is 2.88. The second-order valence-electron chi connectivity index (χ2n) is 4.45. The molecule has 1 unspecified atom stereocenters. The van der Waals surface area contributed by atoms with Crippen molar-refractivity contribution in [2.24, 2.45) is 5.92 Å². The number of carbonyl (C=O) groups excluding carboxylic acids is 1. The minimum atomic E-state index is -3.38. The summed E-state index contributed by atoms with van der Waals surface area (Å²) < 4.78 is 24.6. The van der Waals surface area contributed by atoms with Crippen molar-refractivity contribution >= 4 is 33.3 Å². The van der Waals surface area contributed by atoms with Gasteiger partial charge < -0.3 is 10.4 Å². The maximum absolute atomic E-state index is 11.6. The van der Waals surface area contributed by atoms with Gasteiger partial charge in [0, 0.05) is 5.69 Å². The van der Waals surface area contributed by atoms with Crippen molar-refractivity contribution in [3.05, 3.63) is 23.8 Å². The minimum Gasteiger partial charge on any atom is -0.481 e. The largest absolute Gasteiger partial charge is 0.481 e. The first kappa shape index (κ1) is 16.0. The lowest BCUT2D eigenvalue weighted by atomic mass is 10.1. The van der Waals surface area contributed by atoms with Gasteiger partial charge in [0.05, 0.1) is 11.9 Å². The van der Waals surface area contributed by atoms with Crippen molar-refractivity contribution in [3.63, 3.8) is 0 Å². The third-order valence-corrected chi connectivity index (χ3v) is 3.14. The van der Waals surface area contributed by atoms with Gasteiger partial charge in [0.1, 0.15) is 5.92 Å². The molecule has 0 aliphatic rings. The number of sulfonamides is 1. The molecule has 0 aromatic heterocycles. The van der Waals surface area contributed by atoms with Gasteiger partial charge in [-0.3, -0.25) is 14.3 Å². The van der Waals surface area contributed by atoms with E-state index in [4.69, 9.17) is 5.11 Å². The zero-order valence-corrected chi connectivity index (χ0v) is 12.1. The van der Waals surface area contributed by atoms with Crippen LogP contribution < -0.4 is 10.0 Å². The van der Waals surface area contributed by atoms with Gasteiger partial charge in [-0.2, -0.15) is 0 Å². The molecule has 1 rings (SSSR count). The first-order valence-corrected chi connectivity index (χ1v) is 7.61. The van der Waals surface area contributed by atoms with E-state index in [-0.39, 0.29) is 0 Å². The Morgan fingerprint density at radius 1 is 1.30 bits per heavy atom. The molecule has 0 fully saturated rings. The Bertz CT molecular complexity index is 639. The number of rotatable bonds is 5. The predicted molar refractivity (Wildman–Crippen MR) is 75.1 cm³/mol. The van der Waals surface area contributed by atoms with Crippen molar-refractivity contribution in [2.45, 2.75) is 13.8 Å². The molecule has 1 amide bonds. The Kier molecular flexibility index (Phi) is 4.72. The van der Waals surface area contributed by atoms with Gasteiger partial charge >= 0.3 is 5.97 Å². The second kappa shape index (κ2) is 5.91. The van der Waals surface area contributed by atoms with Gasteiger partial charge in [-0.15, -0.1) is 0 Å². The molecular weight excluding hydrogens is 284 g/mol. The van der Waals surface area contributed by atoms with Crippen molar-refractivity contribution in [2.75, 3.05) is 16.3 Å². The molecule has 1 aromatic carbocycles. The first-order chi connectivity index (χ1) is 9.10. The van der Waals surface area contributed by atoms with Crippen molar-refractivity contribution < 1.29 is 23.1 Å². The highest BCUT2D eigenvalue weighted by molar-refractivity contribution is 7.92. The SMILES string of the molecule is Cc1cc(NC(=O)C(C)C(=O)O)ccc1NS(C)(=O)=O. The first-order valence-electron chi connectivity index (χ1n) is 5.72. The van der Waals surface area contributed by atoms with Crippen LogP contribution in [0.2, 0.25) is 0 Å². The molecule has 0 bridgehead atoms. The summed E-state index contributed by atoms with van der Waals surface area (Å²) in [6, 6.07) is 4.55. The number of carboxylic acid groups (broad SMARTS) is 1. The van der Waals surface area contributed by atoms with Gasteiger partial charge in [-0.05, 0) is 37.6 Å².